The number of carbonyl (C=O) groups excluding carboxylic acids is 1. The first-order chi connectivity index (χ1) is 11.2. The lowest BCUT2D eigenvalue weighted by Crippen LogP contribution is -2.26. The molecule has 3 rings (SSSR count). The van der Waals surface area contributed by atoms with E-state index in [9.17, 15) is 9.59 Å². The number of rotatable bonds is 5. The molecule has 7 nitrogen and oxygen atoms in total. The Balaban J connectivity index is 1.61. The van der Waals surface area contributed by atoms with Crippen molar-refractivity contribution < 1.29 is 4.79 Å². The van der Waals surface area contributed by atoms with Gasteiger partial charge in [-0.3, -0.25) is 19.0 Å². The fourth-order valence-electron chi connectivity index (χ4n) is 2.16. The number of hydrogen-bond donors (Lipinski definition) is 1. The lowest BCUT2D eigenvalue weighted by Gasteiger charge is -2.05. The third kappa shape index (κ3) is 3.57. The molecular weight excluding hydrogens is 294 g/mol. The molecule has 0 aliphatic heterocycles. The molecule has 0 spiro atoms. The van der Waals surface area contributed by atoms with E-state index in [0.717, 1.165) is 5.56 Å². The Morgan fingerprint density at radius 1 is 1.13 bits per heavy atom. The third-order valence-electron chi connectivity index (χ3n) is 3.41. The zero-order valence-electron chi connectivity index (χ0n) is 12.3. The van der Waals surface area contributed by atoms with E-state index >= 15 is 0 Å². The van der Waals surface area contributed by atoms with Crippen molar-refractivity contribution in [3.8, 4) is 0 Å². The second-order valence-electron chi connectivity index (χ2n) is 5.01. The zero-order valence-corrected chi connectivity index (χ0v) is 12.3. The summed E-state index contributed by atoms with van der Waals surface area (Å²) in [5.74, 6) is -0.138. The van der Waals surface area contributed by atoms with Crippen LogP contribution in [0.2, 0.25) is 0 Å². The normalized spacial score (nSPS) is 10.6. The van der Waals surface area contributed by atoms with Crippen LogP contribution in [-0.2, 0) is 17.8 Å². The molecule has 7 heteroatoms. The van der Waals surface area contributed by atoms with Gasteiger partial charge in [0, 0.05) is 38.0 Å². The maximum absolute atomic E-state index is 12.2. The van der Waals surface area contributed by atoms with E-state index < -0.39 is 0 Å². The highest BCUT2D eigenvalue weighted by molar-refractivity contribution is 5.76. The molecule has 23 heavy (non-hydrogen) atoms. The Bertz CT molecular complexity index is 876. The van der Waals surface area contributed by atoms with Crippen LogP contribution < -0.4 is 10.9 Å². The lowest BCUT2D eigenvalue weighted by atomic mass is 10.2. The van der Waals surface area contributed by atoms with Crippen molar-refractivity contribution >= 4 is 11.6 Å². The van der Waals surface area contributed by atoms with E-state index in [-0.39, 0.29) is 30.0 Å². The fourth-order valence-corrected chi connectivity index (χ4v) is 2.16. The largest absolute Gasteiger partial charge is 0.352 e. The van der Waals surface area contributed by atoms with Gasteiger partial charge < -0.3 is 5.32 Å². The van der Waals surface area contributed by atoms with Crippen molar-refractivity contribution in [1.82, 2.24) is 24.9 Å². The van der Waals surface area contributed by atoms with Gasteiger partial charge in [-0.25, -0.2) is 0 Å². The van der Waals surface area contributed by atoms with Crippen LogP contribution in [0.25, 0.3) is 5.65 Å². The molecule has 3 aromatic heterocycles. The average Bonchev–Trinajstić information content (AvgIpc) is 2.60. The van der Waals surface area contributed by atoms with Crippen molar-refractivity contribution in [1.29, 1.82) is 0 Å². The van der Waals surface area contributed by atoms with Crippen molar-refractivity contribution in [3.05, 3.63) is 70.5 Å². The standard InChI is InChI=1S/C16H15N5O2/c22-15(18-11-12-6-8-17-9-7-12)5-4-13-16(23)21-10-2-1-3-14(21)20-19-13/h1-3,6-10H,4-5,11H2,(H,18,22). The number of fused-ring (bicyclic) bond motifs is 1. The molecule has 0 atom stereocenters. The summed E-state index contributed by atoms with van der Waals surface area (Å²) in [6.45, 7) is 0.434. The first kappa shape index (κ1) is 14.8. The summed E-state index contributed by atoms with van der Waals surface area (Å²) in [6.07, 6.45) is 5.43. The van der Waals surface area contributed by atoms with Crippen LogP contribution >= 0.6 is 0 Å². The first-order valence-corrected chi connectivity index (χ1v) is 7.22. The minimum Gasteiger partial charge on any atom is -0.352 e. The number of pyridine rings is 2. The third-order valence-corrected chi connectivity index (χ3v) is 3.41. The maximum atomic E-state index is 12.2. The second kappa shape index (κ2) is 6.78. The molecule has 0 fully saturated rings. The number of hydrogen-bond acceptors (Lipinski definition) is 5. The highest BCUT2D eigenvalue weighted by Gasteiger charge is 2.09. The maximum Gasteiger partial charge on any atom is 0.279 e. The smallest absolute Gasteiger partial charge is 0.279 e. The highest BCUT2D eigenvalue weighted by atomic mass is 16.1. The van der Waals surface area contributed by atoms with Gasteiger partial charge in [0.05, 0.1) is 0 Å². The summed E-state index contributed by atoms with van der Waals surface area (Å²) >= 11 is 0. The molecule has 116 valence electrons. The highest BCUT2D eigenvalue weighted by Crippen LogP contribution is 1.99. The number of carbonyl (C=O) groups is 1. The van der Waals surface area contributed by atoms with Gasteiger partial charge >= 0.3 is 0 Å². The van der Waals surface area contributed by atoms with Gasteiger partial charge in [-0.15, -0.1) is 10.2 Å². The number of aromatic nitrogens is 4. The Hall–Kier alpha value is -3.09. The van der Waals surface area contributed by atoms with Crippen LogP contribution in [0.15, 0.2) is 53.7 Å². The SMILES string of the molecule is O=C(CCc1nnc2ccccn2c1=O)NCc1ccncc1. The number of amides is 1. The Labute approximate surface area is 132 Å². The molecule has 0 aromatic carbocycles. The van der Waals surface area contributed by atoms with Crippen molar-refractivity contribution in [3.63, 3.8) is 0 Å². The van der Waals surface area contributed by atoms with Gasteiger partial charge in [-0.2, -0.15) is 0 Å². The first-order valence-electron chi connectivity index (χ1n) is 7.22. The van der Waals surface area contributed by atoms with E-state index in [1.54, 1.807) is 36.8 Å². The molecule has 0 bridgehead atoms. The second-order valence-corrected chi connectivity index (χ2v) is 5.01. The molecule has 0 saturated carbocycles. The Morgan fingerprint density at radius 2 is 1.96 bits per heavy atom. The summed E-state index contributed by atoms with van der Waals surface area (Å²) in [4.78, 5) is 28.0. The van der Waals surface area contributed by atoms with E-state index in [0.29, 0.717) is 12.2 Å². The average molecular weight is 309 g/mol. The quantitative estimate of drug-likeness (QED) is 0.750. The molecule has 1 amide bonds. The van der Waals surface area contributed by atoms with Crippen molar-refractivity contribution in [2.45, 2.75) is 19.4 Å². The summed E-state index contributed by atoms with van der Waals surface area (Å²) in [7, 11) is 0. The predicted octanol–water partition coefficient (Wildman–Crippen LogP) is 0.733. The van der Waals surface area contributed by atoms with Gasteiger partial charge in [0.25, 0.3) is 5.56 Å². The number of aryl methyl sites for hydroxylation is 1. The summed E-state index contributed by atoms with van der Waals surface area (Å²) in [5, 5.41) is 10.7. The summed E-state index contributed by atoms with van der Waals surface area (Å²) in [5.41, 5.74) is 1.51. The van der Waals surface area contributed by atoms with Crippen molar-refractivity contribution in [2.75, 3.05) is 0 Å². The topological polar surface area (TPSA) is 89.3 Å². The van der Waals surface area contributed by atoms with Crippen LogP contribution in [0.3, 0.4) is 0 Å². The van der Waals surface area contributed by atoms with Crippen molar-refractivity contribution in [2.24, 2.45) is 0 Å². The van der Waals surface area contributed by atoms with Gasteiger partial charge in [0.15, 0.2) is 5.65 Å². The number of nitrogens with zero attached hydrogens (tertiary/aromatic N) is 4. The van der Waals surface area contributed by atoms with Gasteiger partial charge in [-0.05, 0) is 29.8 Å². The Morgan fingerprint density at radius 3 is 2.78 bits per heavy atom. The number of nitrogens with one attached hydrogen (secondary N) is 1. The zero-order chi connectivity index (χ0) is 16.1. The molecule has 1 N–H and O–H groups in total. The molecule has 0 unspecified atom stereocenters. The van der Waals surface area contributed by atoms with Gasteiger partial charge in [-0.1, -0.05) is 6.07 Å². The van der Waals surface area contributed by atoms with E-state index in [2.05, 4.69) is 20.5 Å². The van der Waals surface area contributed by atoms with Crippen LogP contribution in [0.4, 0.5) is 0 Å². The molecule has 0 aliphatic rings. The predicted molar refractivity (Wildman–Crippen MR) is 83.7 cm³/mol. The molecule has 0 aliphatic carbocycles. The van der Waals surface area contributed by atoms with Crippen LogP contribution in [0, 0.1) is 0 Å². The summed E-state index contributed by atoms with van der Waals surface area (Å²) < 4.78 is 1.43. The minimum absolute atomic E-state index is 0.138. The molecular formula is C16H15N5O2. The van der Waals surface area contributed by atoms with E-state index in [1.807, 2.05) is 12.1 Å². The minimum atomic E-state index is -0.238. The van der Waals surface area contributed by atoms with Crippen LogP contribution in [0.5, 0.6) is 0 Å². The molecule has 3 aromatic rings. The van der Waals surface area contributed by atoms with E-state index in [4.69, 9.17) is 0 Å². The molecule has 0 saturated heterocycles. The monoisotopic (exact) mass is 309 g/mol. The van der Waals surface area contributed by atoms with Gasteiger partial charge in [0.2, 0.25) is 5.91 Å². The van der Waals surface area contributed by atoms with E-state index in [1.165, 1.54) is 4.40 Å². The fraction of sp³-hybridized carbons (Fsp3) is 0.188. The summed E-state index contributed by atoms with van der Waals surface area (Å²) in [6, 6.07) is 8.92. The molecule has 0 radical (unpaired) electrons. The van der Waals surface area contributed by atoms with Gasteiger partial charge in [0.1, 0.15) is 5.69 Å². The molecule has 3 heterocycles. The van der Waals surface area contributed by atoms with Crippen LogP contribution in [-0.4, -0.2) is 25.5 Å². The van der Waals surface area contributed by atoms with Crippen LogP contribution in [0.1, 0.15) is 17.7 Å². The Kier molecular flexibility index (Phi) is 4.37. The lowest BCUT2D eigenvalue weighted by molar-refractivity contribution is -0.121.